The van der Waals surface area contributed by atoms with Crippen LogP contribution < -0.4 is 10.6 Å². The third-order valence-corrected chi connectivity index (χ3v) is 4.02. The van der Waals surface area contributed by atoms with Crippen LogP contribution in [0.15, 0.2) is 54.6 Å². The Balaban J connectivity index is 1.86. The highest BCUT2D eigenvalue weighted by Gasteiger charge is 2.34. The fourth-order valence-corrected chi connectivity index (χ4v) is 2.66. The van der Waals surface area contributed by atoms with E-state index < -0.39 is 29.8 Å². The Morgan fingerprint density at radius 1 is 1.04 bits per heavy atom. The standard InChI is InChI=1S/C20H21F3N2O3/c1-13(25-19(28)14-7-3-2-4-8-14)11-18(27)24-12-17(26)15-9-5-6-10-16(15)20(21,22)23/h2-10,13,17,26H,11-12H2,1H3,(H,24,27)(H,25,28). The van der Waals surface area contributed by atoms with E-state index in [0.29, 0.717) is 5.56 Å². The van der Waals surface area contributed by atoms with Crippen LogP contribution >= 0.6 is 0 Å². The second kappa shape index (κ2) is 9.36. The SMILES string of the molecule is CC(CC(=O)NCC(O)c1ccccc1C(F)(F)F)NC(=O)c1ccccc1. The number of aliphatic hydroxyl groups excluding tert-OH is 1. The Hall–Kier alpha value is -2.87. The molecule has 0 saturated carbocycles. The van der Waals surface area contributed by atoms with Crippen LogP contribution in [-0.4, -0.2) is 29.5 Å². The first-order valence-corrected chi connectivity index (χ1v) is 8.65. The van der Waals surface area contributed by atoms with E-state index in [1.54, 1.807) is 37.3 Å². The summed E-state index contributed by atoms with van der Waals surface area (Å²) in [5.74, 6) is -0.829. The number of carbonyl (C=O) groups excluding carboxylic acids is 2. The Labute approximate surface area is 160 Å². The number of nitrogens with one attached hydrogen (secondary N) is 2. The van der Waals surface area contributed by atoms with Gasteiger partial charge in [0, 0.05) is 24.6 Å². The summed E-state index contributed by atoms with van der Waals surface area (Å²) in [6, 6.07) is 12.6. The Morgan fingerprint density at radius 3 is 2.29 bits per heavy atom. The molecule has 150 valence electrons. The quantitative estimate of drug-likeness (QED) is 0.675. The number of rotatable bonds is 7. The molecule has 0 aromatic heterocycles. The third-order valence-electron chi connectivity index (χ3n) is 4.02. The summed E-state index contributed by atoms with van der Waals surface area (Å²) in [7, 11) is 0. The highest BCUT2D eigenvalue weighted by molar-refractivity contribution is 5.94. The molecule has 2 rings (SSSR count). The average molecular weight is 394 g/mol. The van der Waals surface area contributed by atoms with E-state index in [1.807, 2.05) is 0 Å². The molecule has 2 aromatic carbocycles. The molecule has 0 fully saturated rings. The minimum Gasteiger partial charge on any atom is -0.387 e. The van der Waals surface area contributed by atoms with Crippen molar-refractivity contribution in [2.75, 3.05) is 6.54 Å². The van der Waals surface area contributed by atoms with Crippen LogP contribution in [0, 0.1) is 0 Å². The normalized spacial score (nSPS) is 13.5. The van der Waals surface area contributed by atoms with Gasteiger partial charge in [0.05, 0.1) is 11.7 Å². The predicted molar refractivity (Wildman–Crippen MR) is 97.4 cm³/mol. The molecule has 0 saturated heterocycles. The van der Waals surface area contributed by atoms with E-state index in [0.717, 1.165) is 6.07 Å². The van der Waals surface area contributed by atoms with Crippen LogP contribution in [0.1, 0.15) is 40.9 Å². The first kappa shape index (κ1) is 21.4. The van der Waals surface area contributed by atoms with Gasteiger partial charge in [-0.1, -0.05) is 36.4 Å². The zero-order valence-electron chi connectivity index (χ0n) is 15.2. The molecular formula is C20H21F3N2O3. The number of hydrogen-bond acceptors (Lipinski definition) is 3. The summed E-state index contributed by atoms with van der Waals surface area (Å²) in [6.45, 7) is 1.26. The Bertz CT molecular complexity index is 810. The molecule has 0 aliphatic rings. The Kier molecular flexibility index (Phi) is 7.17. The van der Waals surface area contributed by atoms with Gasteiger partial charge in [-0.15, -0.1) is 0 Å². The van der Waals surface area contributed by atoms with E-state index in [9.17, 15) is 27.9 Å². The van der Waals surface area contributed by atoms with E-state index in [2.05, 4.69) is 10.6 Å². The predicted octanol–water partition coefficient (Wildman–Crippen LogP) is 3.06. The van der Waals surface area contributed by atoms with Crippen LogP contribution in [0.25, 0.3) is 0 Å². The van der Waals surface area contributed by atoms with Crippen molar-refractivity contribution in [2.24, 2.45) is 0 Å². The molecular weight excluding hydrogens is 373 g/mol. The van der Waals surface area contributed by atoms with E-state index in [-0.39, 0.29) is 24.4 Å². The zero-order chi connectivity index (χ0) is 20.7. The maximum Gasteiger partial charge on any atom is 0.416 e. The van der Waals surface area contributed by atoms with Gasteiger partial charge in [0.15, 0.2) is 0 Å². The lowest BCUT2D eigenvalue weighted by molar-refractivity contribution is -0.139. The number of halogens is 3. The third kappa shape index (κ3) is 6.09. The second-order valence-electron chi connectivity index (χ2n) is 6.35. The summed E-state index contributed by atoms with van der Waals surface area (Å²) in [4.78, 5) is 24.0. The van der Waals surface area contributed by atoms with Gasteiger partial charge in [0.25, 0.3) is 5.91 Å². The van der Waals surface area contributed by atoms with E-state index >= 15 is 0 Å². The summed E-state index contributed by atoms with van der Waals surface area (Å²) >= 11 is 0. The average Bonchev–Trinajstić information content (AvgIpc) is 2.66. The molecule has 3 N–H and O–H groups in total. The molecule has 8 heteroatoms. The smallest absolute Gasteiger partial charge is 0.387 e. The fourth-order valence-electron chi connectivity index (χ4n) is 2.66. The summed E-state index contributed by atoms with van der Waals surface area (Å²) < 4.78 is 39.0. The summed E-state index contributed by atoms with van der Waals surface area (Å²) in [6.07, 6.45) is -6.18. The van der Waals surface area contributed by atoms with Gasteiger partial charge in [0.1, 0.15) is 0 Å². The van der Waals surface area contributed by atoms with Crippen molar-refractivity contribution >= 4 is 11.8 Å². The topological polar surface area (TPSA) is 78.4 Å². The monoisotopic (exact) mass is 394 g/mol. The first-order chi connectivity index (χ1) is 13.2. The van der Waals surface area contributed by atoms with Gasteiger partial charge >= 0.3 is 6.18 Å². The first-order valence-electron chi connectivity index (χ1n) is 8.65. The highest BCUT2D eigenvalue weighted by Crippen LogP contribution is 2.34. The van der Waals surface area contributed by atoms with Crippen molar-refractivity contribution in [3.63, 3.8) is 0 Å². The molecule has 0 radical (unpaired) electrons. The van der Waals surface area contributed by atoms with Gasteiger partial charge in [0.2, 0.25) is 5.91 Å². The van der Waals surface area contributed by atoms with Crippen LogP contribution in [0.5, 0.6) is 0 Å². The minimum absolute atomic E-state index is 0.0772. The van der Waals surface area contributed by atoms with E-state index in [1.165, 1.54) is 18.2 Å². The molecule has 2 amide bonds. The molecule has 28 heavy (non-hydrogen) atoms. The number of hydrogen-bond donors (Lipinski definition) is 3. The lowest BCUT2D eigenvalue weighted by Gasteiger charge is -2.19. The Morgan fingerprint density at radius 2 is 1.64 bits per heavy atom. The lowest BCUT2D eigenvalue weighted by Crippen LogP contribution is -2.38. The van der Waals surface area contributed by atoms with Crippen molar-refractivity contribution in [1.82, 2.24) is 10.6 Å². The van der Waals surface area contributed by atoms with Gasteiger partial charge in [-0.25, -0.2) is 0 Å². The summed E-state index contributed by atoms with van der Waals surface area (Å²) in [5, 5.41) is 15.1. The van der Waals surface area contributed by atoms with Crippen LogP contribution in [-0.2, 0) is 11.0 Å². The molecule has 0 spiro atoms. The molecule has 2 unspecified atom stereocenters. The van der Waals surface area contributed by atoms with Crippen molar-refractivity contribution in [3.05, 3.63) is 71.3 Å². The molecule has 0 aliphatic heterocycles. The number of aliphatic hydroxyl groups is 1. The number of amides is 2. The van der Waals surface area contributed by atoms with Crippen LogP contribution in [0.4, 0.5) is 13.2 Å². The summed E-state index contributed by atoms with van der Waals surface area (Å²) in [5.41, 5.74) is -0.796. The molecule has 0 aliphatic carbocycles. The van der Waals surface area contributed by atoms with Gasteiger partial charge in [-0.3, -0.25) is 9.59 Å². The lowest BCUT2D eigenvalue weighted by atomic mass is 10.0. The highest BCUT2D eigenvalue weighted by atomic mass is 19.4. The van der Waals surface area contributed by atoms with Crippen molar-refractivity contribution in [2.45, 2.75) is 31.7 Å². The van der Waals surface area contributed by atoms with Gasteiger partial charge in [-0.2, -0.15) is 13.2 Å². The molecule has 2 atom stereocenters. The molecule has 2 aromatic rings. The maximum atomic E-state index is 13.0. The van der Waals surface area contributed by atoms with Crippen molar-refractivity contribution in [3.8, 4) is 0 Å². The van der Waals surface area contributed by atoms with Crippen molar-refractivity contribution in [1.29, 1.82) is 0 Å². The minimum atomic E-state index is -4.60. The second-order valence-corrected chi connectivity index (χ2v) is 6.35. The van der Waals surface area contributed by atoms with Gasteiger partial charge in [-0.05, 0) is 30.7 Å². The molecule has 5 nitrogen and oxygen atoms in total. The number of carbonyl (C=O) groups is 2. The maximum absolute atomic E-state index is 13.0. The molecule has 0 bridgehead atoms. The number of alkyl halides is 3. The van der Waals surface area contributed by atoms with Crippen molar-refractivity contribution < 1.29 is 27.9 Å². The van der Waals surface area contributed by atoms with Crippen LogP contribution in [0.2, 0.25) is 0 Å². The van der Waals surface area contributed by atoms with Gasteiger partial charge < -0.3 is 15.7 Å². The van der Waals surface area contributed by atoms with Crippen LogP contribution in [0.3, 0.4) is 0 Å². The fraction of sp³-hybridized carbons (Fsp3) is 0.300. The largest absolute Gasteiger partial charge is 0.416 e. The molecule has 0 heterocycles. The number of benzene rings is 2. The van der Waals surface area contributed by atoms with E-state index in [4.69, 9.17) is 0 Å². The zero-order valence-corrected chi connectivity index (χ0v) is 15.2.